The van der Waals surface area contributed by atoms with E-state index in [0.717, 1.165) is 6.07 Å². The molecule has 1 nitrogen and oxygen atoms in total. The molecule has 72 valence electrons. The third-order valence-corrected chi connectivity index (χ3v) is 2.25. The first kappa shape index (κ1) is 10.5. The molecule has 1 aromatic carbocycles. The molecule has 5 heteroatoms. The van der Waals surface area contributed by atoms with Gasteiger partial charge in [0.25, 0.3) is 5.92 Å². The van der Waals surface area contributed by atoms with Crippen molar-refractivity contribution in [2.75, 3.05) is 6.54 Å². The lowest BCUT2D eigenvalue weighted by Crippen LogP contribution is -2.26. The van der Waals surface area contributed by atoms with Crippen molar-refractivity contribution in [3.8, 4) is 0 Å². The SMILES string of the molecule is NCC(F)(F)c1c(F)cccc1Br. The van der Waals surface area contributed by atoms with E-state index in [1.54, 1.807) is 0 Å². The molecule has 0 aliphatic rings. The number of nitrogens with two attached hydrogens (primary N) is 1. The first-order valence-corrected chi connectivity index (χ1v) is 4.30. The van der Waals surface area contributed by atoms with Crippen LogP contribution in [0, 0.1) is 5.82 Å². The van der Waals surface area contributed by atoms with Crippen molar-refractivity contribution in [3.63, 3.8) is 0 Å². The largest absolute Gasteiger partial charge is 0.325 e. The van der Waals surface area contributed by atoms with Crippen LogP contribution in [0.1, 0.15) is 5.56 Å². The molecule has 0 spiro atoms. The summed E-state index contributed by atoms with van der Waals surface area (Å²) >= 11 is 2.85. The first-order valence-electron chi connectivity index (χ1n) is 3.51. The topological polar surface area (TPSA) is 26.0 Å². The van der Waals surface area contributed by atoms with Gasteiger partial charge in [-0.25, -0.2) is 4.39 Å². The molecule has 0 heterocycles. The van der Waals surface area contributed by atoms with E-state index in [-0.39, 0.29) is 4.47 Å². The summed E-state index contributed by atoms with van der Waals surface area (Å²) in [5.74, 6) is -4.28. The molecule has 2 N–H and O–H groups in total. The fourth-order valence-electron chi connectivity index (χ4n) is 0.949. The van der Waals surface area contributed by atoms with Gasteiger partial charge in [-0.3, -0.25) is 0 Å². The molecule has 0 aromatic heterocycles. The Balaban J connectivity index is 3.28. The monoisotopic (exact) mass is 253 g/mol. The summed E-state index contributed by atoms with van der Waals surface area (Å²) in [6.45, 7) is -0.910. The third kappa shape index (κ3) is 2.03. The van der Waals surface area contributed by atoms with Crippen LogP contribution in [-0.2, 0) is 5.92 Å². The summed E-state index contributed by atoms with van der Waals surface area (Å²) in [4.78, 5) is 0. The van der Waals surface area contributed by atoms with Crippen molar-refractivity contribution in [1.82, 2.24) is 0 Å². The van der Waals surface area contributed by atoms with Crippen molar-refractivity contribution in [3.05, 3.63) is 34.1 Å². The number of halogens is 4. The Morgan fingerprint density at radius 2 is 2.00 bits per heavy atom. The lowest BCUT2D eigenvalue weighted by molar-refractivity contribution is 0.00160. The molecule has 0 unspecified atom stereocenters. The van der Waals surface area contributed by atoms with Crippen LogP contribution >= 0.6 is 15.9 Å². The fraction of sp³-hybridized carbons (Fsp3) is 0.250. The number of alkyl halides is 2. The van der Waals surface area contributed by atoms with Gasteiger partial charge in [0.1, 0.15) is 5.82 Å². The average Bonchev–Trinajstić information content (AvgIpc) is 2.03. The number of rotatable bonds is 2. The average molecular weight is 254 g/mol. The van der Waals surface area contributed by atoms with E-state index < -0.39 is 23.8 Å². The smallest absolute Gasteiger partial charge is 0.289 e. The molecule has 0 atom stereocenters. The van der Waals surface area contributed by atoms with Crippen LogP contribution in [0.2, 0.25) is 0 Å². The maximum Gasteiger partial charge on any atom is 0.289 e. The zero-order chi connectivity index (χ0) is 10.1. The maximum atomic E-state index is 13.0. The molecule has 0 aliphatic carbocycles. The summed E-state index contributed by atoms with van der Waals surface area (Å²) in [7, 11) is 0. The van der Waals surface area contributed by atoms with E-state index >= 15 is 0 Å². The minimum atomic E-state index is -3.33. The van der Waals surface area contributed by atoms with Crippen LogP contribution in [0.4, 0.5) is 13.2 Å². The second kappa shape index (κ2) is 3.67. The molecule has 1 aromatic rings. The normalized spacial score (nSPS) is 11.8. The molecule has 0 amide bonds. The highest BCUT2D eigenvalue weighted by Crippen LogP contribution is 2.34. The fourth-order valence-corrected chi connectivity index (χ4v) is 1.58. The second-order valence-corrected chi connectivity index (χ2v) is 3.36. The Bertz CT molecular complexity index is 294. The van der Waals surface area contributed by atoms with Crippen LogP contribution in [0.5, 0.6) is 0 Å². The van der Waals surface area contributed by atoms with Crippen molar-refractivity contribution >= 4 is 15.9 Å². The van der Waals surface area contributed by atoms with E-state index in [1.807, 2.05) is 0 Å². The van der Waals surface area contributed by atoms with Gasteiger partial charge in [0.15, 0.2) is 0 Å². The summed E-state index contributed by atoms with van der Waals surface area (Å²) < 4.78 is 39.0. The van der Waals surface area contributed by atoms with E-state index in [2.05, 4.69) is 15.9 Å². The summed E-state index contributed by atoms with van der Waals surface area (Å²) in [6.07, 6.45) is 0. The second-order valence-electron chi connectivity index (χ2n) is 2.51. The quantitative estimate of drug-likeness (QED) is 0.862. The highest BCUT2D eigenvalue weighted by Gasteiger charge is 2.34. The van der Waals surface area contributed by atoms with Gasteiger partial charge in [-0.15, -0.1) is 0 Å². The van der Waals surface area contributed by atoms with Gasteiger partial charge < -0.3 is 5.73 Å². The maximum absolute atomic E-state index is 13.0. The molecule has 0 saturated carbocycles. The predicted molar refractivity (Wildman–Crippen MR) is 47.0 cm³/mol. The van der Waals surface area contributed by atoms with Crippen LogP contribution in [0.15, 0.2) is 22.7 Å². The van der Waals surface area contributed by atoms with Crippen molar-refractivity contribution in [2.24, 2.45) is 5.73 Å². The molecule has 0 fully saturated rings. The minimum Gasteiger partial charge on any atom is -0.325 e. The summed E-state index contributed by atoms with van der Waals surface area (Å²) in [5.41, 5.74) is 4.16. The highest BCUT2D eigenvalue weighted by atomic mass is 79.9. The zero-order valence-corrected chi connectivity index (χ0v) is 8.11. The molecule has 0 radical (unpaired) electrons. The Hall–Kier alpha value is -0.550. The van der Waals surface area contributed by atoms with Crippen molar-refractivity contribution in [1.29, 1.82) is 0 Å². The Morgan fingerprint density at radius 1 is 1.38 bits per heavy atom. The molecule has 0 aliphatic heterocycles. The standard InChI is InChI=1S/C8H7BrF3N/c9-5-2-1-3-6(10)7(5)8(11,12)4-13/h1-3H,4,13H2. The molecular formula is C8H7BrF3N. The summed E-state index contributed by atoms with van der Waals surface area (Å²) in [5, 5.41) is 0. The predicted octanol–water partition coefficient (Wildman–Crippen LogP) is 2.64. The molecule has 0 saturated heterocycles. The lowest BCUT2D eigenvalue weighted by Gasteiger charge is -2.16. The first-order chi connectivity index (χ1) is 5.99. The van der Waals surface area contributed by atoms with Gasteiger partial charge in [0.2, 0.25) is 0 Å². The van der Waals surface area contributed by atoms with Crippen molar-refractivity contribution in [2.45, 2.75) is 5.92 Å². The Morgan fingerprint density at radius 3 is 2.46 bits per heavy atom. The third-order valence-electron chi connectivity index (χ3n) is 1.58. The molecule has 13 heavy (non-hydrogen) atoms. The highest BCUT2D eigenvalue weighted by molar-refractivity contribution is 9.10. The lowest BCUT2D eigenvalue weighted by atomic mass is 10.1. The number of hydrogen-bond donors (Lipinski definition) is 1. The molecule has 0 bridgehead atoms. The van der Waals surface area contributed by atoms with Crippen molar-refractivity contribution < 1.29 is 13.2 Å². The van der Waals surface area contributed by atoms with Gasteiger partial charge in [0.05, 0.1) is 12.1 Å². The van der Waals surface area contributed by atoms with E-state index in [9.17, 15) is 13.2 Å². The number of benzene rings is 1. The molecular weight excluding hydrogens is 247 g/mol. The van der Waals surface area contributed by atoms with Crippen LogP contribution in [-0.4, -0.2) is 6.54 Å². The molecule has 1 rings (SSSR count). The van der Waals surface area contributed by atoms with E-state index in [1.165, 1.54) is 12.1 Å². The van der Waals surface area contributed by atoms with Gasteiger partial charge in [0, 0.05) is 4.47 Å². The van der Waals surface area contributed by atoms with Crippen LogP contribution < -0.4 is 5.73 Å². The zero-order valence-electron chi connectivity index (χ0n) is 6.53. The number of hydrogen-bond acceptors (Lipinski definition) is 1. The van der Waals surface area contributed by atoms with E-state index in [0.29, 0.717) is 0 Å². The van der Waals surface area contributed by atoms with Gasteiger partial charge in [-0.05, 0) is 12.1 Å². The van der Waals surface area contributed by atoms with Crippen LogP contribution in [0.3, 0.4) is 0 Å². The van der Waals surface area contributed by atoms with Crippen LogP contribution in [0.25, 0.3) is 0 Å². The Kier molecular flexibility index (Phi) is 2.98. The van der Waals surface area contributed by atoms with Gasteiger partial charge in [-0.2, -0.15) is 8.78 Å². The summed E-state index contributed by atoms with van der Waals surface area (Å²) in [6, 6.07) is 3.67. The van der Waals surface area contributed by atoms with E-state index in [4.69, 9.17) is 5.73 Å². The minimum absolute atomic E-state index is 0.0305. The van der Waals surface area contributed by atoms with Gasteiger partial charge >= 0.3 is 0 Å². The van der Waals surface area contributed by atoms with Gasteiger partial charge in [-0.1, -0.05) is 22.0 Å². The Labute approximate surface area is 81.9 Å².